The van der Waals surface area contributed by atoms with Crippen LogP contribution in [0.3, 0.4) is 0 Å². The Labute approximate surface area is 251 Å². The Morgan fingerprint density at radius 3 is 2.53 bits per heavy atom. The van der Waals surface area contributed by atoms with E-state index in [1.54, 1.807) is 34.6 Å². The number of pyridine rings is 1. The largest absolute Gasteiger partial charge is 0.497 e. The van der Waals surface area contributed by atoms with Gasteiger partial charge in [-0.15, -0.1) is 0 Å². The number of hydrogen-bond donors (Lipinski definition) is 1. The fraction of sp³-hybridized carbons (Fsp3) is 0.400. The van der Waals surface area contributed by atoms with Crippen molar-refractivity contribution in [3.63, 3.8) is 0 Å². The number of fused-ring (bicyclic) bond motifs is 2. The topological polar surface area (TPSA) is 88.6 Å². The van der Waals surface area contributed by atoms with Crippen LogP contribution in [-0.2, 0) is 28.2 Å². The van der Waals surface area contributed by atoms with Gasteiger partial charge in [-0.2, -0.15) is 24.9 Å². The summed E-state index contributed by atoms with van der Waals surface area (Å²) in [5, 5.41) is 2.55. The zero-order chi connectivity index (χ0) is 30.6. The zero-order valence-electron chi connectivity index (χ0n) is 23.2. The van der Waals surface area contributed by atoms with Crippen molar-refractivity contribution >= 4 is 33.4 Å². The number of halogens is 4. The number of sulfonamides is 1. The van der Waals surface area contributed by atoms with E-state index in [0.29, 0.717) is 23.7 Å². The number of thioether (sulfide) groups is 1. The van der Waals surface area contributed by atoms with Crippen molar-refractivity contribution in [2.75, 3.05) is 22.9 Å². The number of amides is 1. The van der Waals surface area contributed by atoms with Crippen LogP contribution in [0, 0.1) is 11.7 Å². The number of nitrogens with zero attached hydrogens (tertiary/aromatic N) is 2. The van der Waals surface area contributed by atoms with Crippen LogP contribution >= 0.6 is 11.8 Å². The summed E-state index contributed by atoms with van der Waals surface area (Å²) in [6.07, 6.45) is -0.878. The van der Waals surface area contributed by atoms with Gasteiger partial charge in [0.05, 0.1) is 41.5 Å². The molecule has 1 saturated heterocycles. The van der Waals surface area contributed by atoms with Crippen LogP contribution in [0.15, 0.2) is 59.6 Å². The van der Waals surface area contributed by atoms with Crippen molar-refractivity contribution in [1.29, 1.82) is 0 Å². The first-order valence-electron chi connectivity index (χ1n) is 13.9. The van der Waals surface area contributed by atoms with E-state index in [0.717, 1.165) is 42.8 Å². The third-order valence-corrected chi connectivity index (χ3v) is 11.3. The van der Waals surface area contributed by atoms with Crippen molar-refractivity contribution < 1.29 is 35.5 Å². The molecule has 228 valence electrons. The lowest BCUT2D eigenvalue weighted by molar-refractivity contribution is -0.138. The number of benzene rings is 2. The van der Waals surface area contributed by atoms with E-state index in [1.807, 2.05) is 11.8 Å². The first kappa shape index (κ1) is 29.7. The quantitative estimate of drug-likeness (QED) is 0.324. The highest BCUT2D eigenvalue weighted by Crippen LogP contribution is 2.59. The second-order valence-corrected chi connectivity index (χ2v) is 14.1. The van der Waals surface area contributed by atoms with Gasteiger partial charge in [-0.05, 0) is 85.1 Å². The molecular weight excluding hydrogens is 606 g/mol. The molecule has 7 nitrogen and oxygen atoms in total. The molecule has 1 spiro atoms. The van der Waals surface area contributed by atoms with Crippen molar-refractivity contribution in [3.8, 4) is 5.75 Å². The monoisotopic (exact) mass is 635 g/mol. The van der Waals surface area contributed by atoms with Crippen LogP contribution in [0.25, 0.3) is 0 Å². The highest BCUT2D eigenvalue weighted by atomic mass is 32.2. The van der Waals surface area contributed by atoms with Gasteiger partial charge in [0.1, 0.15) is 11.6 Å². The van der Waals surface area contributed by atoms with E-state index in [2.05, 4.69) is 10.3 Å². The first-order valence-corrected chi connectivity index (χ1v) is 16.5. The second kappa shape index (κ2) is 11.0. The third kappa shape index (κ3) is 5.34. The van der Waals surface area contributed by atoms with Crippen LogP contribution in [0.2, 0.25) is 0 Å². The maximum Gasteiger partial charge on any atom is 0.417 e. The van der Waals surface area contributed by atoms with Crippen LogP contribution in [-0.4, -0.2) is 44.0 Å². The molecule has 3 aromatic rings. The average Bonchev–Trinajstić information content (AvgIpc) is 3.80. The fourth-order valence-electron chi connectivity index (χ4n) is 6.33. The molecule has 1 unspecified atom stereocenters. The van der Waals surface area contributed by atoms with Gasteiger partial charge < -0.3 is 10.1 Å². The molecule has 1 N–H and O–H groups in total. The molecular formula is C30H29F4N3O4S2. The second-order valence-electron chi connectivity index (χ2n) is 11.1. The number of aromatic nitrogens is 1. The lowest BCUT2D eigenvalue weighted by Gasteiger charge is -2.41. The summed E-state index contributed by atoms with van der Waals surface area (Å²) in [5.41, 5.74) is -0.438. The van der Waals surface area contributed by atoms with Gasteiger partial charge in [0, 0.05) is 23.2 Å². The predicted molar refractivity (Wildman–Crippen MR) is 154 cm³/mol. The van der Waals surface area contributed by atoms with E-state index in [9.17, 15) is 30.8 Å². The van der Waals surface area contributed by atoms with Crippen molar-refractivity contribution in [3.05, 3.63) is 82.9 Å². The van der Waals surface area contributed by atoms with E-state index >= 15 is 0 Å². The molecule has 13 heteroatoms. The fourth-order valence-corrected chi connectivity index (χ4v) is 9.38. The molecule has 1 amide bonds. The number of hydrogen-bond acceptors (Lipinski definition) is 6. The molecule has 1 atom stereocenters. The Hall–Kier alpha value is -3.32. The number of anilines is 1. The zero-order valence-corrected chi connectivity index (χ0v) is 24.8. The maximum absolute atomic E-state index is 14.3. The average molecular weight is 636 g/mol. The summed E-state index contributed by atoms with van der Waals surface area (Å²) in [4.78, 5) is 16.9. The van der Waals surface area contributed by atoms with Crippen molar-refractivity contribution in [1.82, 2.24) is 10.3 Å². The lowest BCUT2D eigenvalue weighted by Crippen LogP contribution is -2.50. The molecule has 2 fully saturated rings. The van der Waals surface area contributed by atoms with E-state index < -0.39 is 45.4 Å². The number of alkyl halides is 3. The normalized spacial score (nSPS) is 19.7. The summed E-state index contributed by atoms with van der Waals surface area (Å²) in [7, 11) is -2.52. The minimum Gasteiger partial charge on any atom is -0.497 e. The summed E-state index contributed by atoms with van der Waals surface area (Å²) in [5.74, 6) is 0.575. The third-order valence-electron chi connectivity index (χ3n) is 8.56. The number of rotatable bonds is 7. The van der Waals surface area contributed by atoms with E-state index in [1.165, 1.54) is 19.2 Å². The molecule has 6 rings (SSSR count). The summed E-state index contributed by atoms with van der Waals surface area (Å²) in [6, 6.07) is 11.4. The number of ether oxygens (including phenoxy) is 1. The van der Waals surface area contributed by atoms with Gasteiger partial charge in [-0.3, -0.25) is 14.1 Å². The van der Waals surface area contributed by atoms with Gasteiger partial charge in [0.15, 0.2) is 0 Å². The number of carbonyl (C=O) groups excluding carboxylic acids is 1. The summed E-state index contributed by atoms with van der Waals surface area (Å²) in [6.45, 7) is -0.414. The molecule has 2 aliphatic heterocycles. The van der Waals surface area contributed by atoms with Gasteiger partial charge in [0.25, 0.3) is 15.9 Å². The van der Waals surface area contributed by atoms with E-state index in [4.69, 9.17) is 4.74 Å². The summed E-state index contributed by atoms with van der Waals surface area (Å²) < 4.78 is 88.4. The van der Waals surface area contributed by atoms with Crippen molar-refractivity contribution in [2.24, 2.45) is 5.92 Å². The number of methoxy groups -OCH3 is 1. The maximum atomic E-state index is 14.3. The SMILES string of the molecule is COc1cccc(S(=O)(=O)N2c3ccc(C(=O)NCc4ncc(C(F)(F)F)cc4F)cc3C3(CCSCC3)C2C2CC2)c1. The first-order chi connectivity index (χ1) is 20.5. The minimum atomic E-state index is -4.74. The molecule has 1 aliphatic carbocycles. The lowest BCUT2D eigenvalue weighted by atomic mass is 9.70. The Balaban J connectivity index is 1.36. The van der Waals surface area contributed by atoms with Crippen LogP contribution < -0.4 is 14.4 Å². The number of nitrogens with one attached hydrogen (secondary N) is 1. The van der Waals surface area contributed by atoms with Crippen molar-refractivity contribution in [2.45, 2.75) is 54.8 Å². The van der Waals surface area contributed by atoms with Gasteiger partial charge in [-0.1, -0.05) is 6.07 Å². The number of carbonyl (C=O) groups is 1. The Kier molecular flexibility index (Phi) is 7.60. The Morgan fingerprint density at radius 2 is 1.88 bits per heavy atom. The molecule has 3 heterocycles. The molecule has 0 bridgehead atoms. The highest BCUT2D eigenvalue weighted by Gasteiger charge is 2.59. The van der Waals surface area contributed by atoms with Gasteiger partial charge >= 0.3 is 6.18 Å². The smallest absolute Gasteiger partial charge is 0.417 e. The Bertz CT molecular complexity index is 1670. The predicted octanol–water partition coefficient (Wildman–Crippen LogP) is 5.93. The van der Waals surface area contributed by atoms with E-state index in [-0.39, 0.29) is 28.1 Å². The molecule has 3 aliphatic rings. The van der Waals surface area contributed by atoms with Crippen LogP contribution in [0.1, 0.15) is 52.9 Å². The molecule has 43 heavy (non-hydrogen) atoms. The van der Waals surface area contributed by atoms with Gasteiger partial charge in [0.2, 0.25) is 0 Å². The highest BCUT2D eigenvalue weighted by molar-refractivity contribution is 7.99. The van der Waals surface area contributed by atoms with Crippen LogP contribution in [0.5, 0.6) is 5.75 Å². The molecule has 0 radical (unpaired) electrons. The van der Waals surface area contributed by atoms with Gasteiger partial charge in [-0.25, -0.2) is 12.8 Å². The molecule has 1 aromatic heterocycles. The standard InChI is InChI=1S/C30H29F4N3O4S2/c1-41-21-3-2-4-22(15-21)43(39,40)37-26-8-7-19(13-23(26)29(9-11-42-12-10-29)27(37)18-5-6-18)28(38)36-17-25-24(31)14-20(16-35-25)30(32,33)34/h2-4,7-8,13-16,18,27H,5-6,9-12,17H2,1H3,(H,36,38). The molecule has 2 aromatic carbocycles. The molecule has 1 saturated carbocycles. The Morgan fingerprint density at radius 1 is 1.14 bits per heavy atom. The summed E-state index contributed by atoms with van der Waals surface area (Å²) >= 11 is 1.82. The minimum absolute atomic E-state index is 0.124. The van der Waals surface area contributed by atoms with Crippen LogP contribution in [0.4, 0.5) is 23.2 Å².